The molecule has 1 atom stereocenters. The number of sulfonamides is 1. The molecule has 25 heavy (non-hydrogen) atoms. The van der Waals surface area contributed by atoms with Crippen molar-refractivity contribution >= 4 is 27.5 Å². The predicted octanol–water partition coefficient (Wildman–Crippen LogP) is 1.71. The van der Waals surface area contributed by atoms with Crippen LogP contribution in [0.5, 0.6) is 0 Å². The van der Waals surface area contributed by atoms with Crippen LogP contribution in [0.2, 0.25) is 0 Å². The normalized spacial score (nSPS) is 16.8. The number of nitrogens with one attached hydrogen (secondary N) is 2. The Kier molecular flexibility index (Phi) is 6.55. The van der Waals surface area contributed by atoms with Crippen molar-refractivity contribution in [1.29, 1.82) is 0 Å². The SMILES string of the molecule is CC(=O)Nc1ccc(S(=O)(=O)N[C@H](C)C(=O)N2CCCCCC2)cc1. The van der Waals surface area contributed by atoms with E-state index in [4.69, 9.17) is 0 Å². The third-order valence-electron chi connectivity index (χ3n) is 4.11. The quantitative estimate of drug-likeness (QED) is 0.828. The zero-order chi connectivity index (χ0) is 18.4. The van der Waals surface area contributed by atoms with E-state index in [0.29, 0.717) is 18.8 Å². The zero-order valence-electron chi connectivity index (χ0n) is 14.6. The highest BCUT2D eigenvalue weighted by atomic mass is 32.2. The lowest BCUT2D eigenvalue weighted by atomic mass is 10.2. The maximum absolute atomic E-state index is 12.5. The van der Waals surface area contributed by atoms with Crippen LogP contribution in [0.25, 0.3) is 0 Å². The van der Waals surface area contributed by atoms with Crippen LogP contribution >= 0.6 is 0 Å². The first-order chi connectivity index (χ1) is 11.8. The average molecular weight is 367 g/mol. The molecular weight excluding hydrogens is 342 g/mol. The topological polar surface area (TPSA) is 95.6 Å². The third-order valence-corrected chi connectivity index (χ3v) is 5.66. The number of carbonyl (C=O) groups is 2. The van der Waals surface area contributed by atoms with Crippen molar-refractivity contribution in [2.75, 3.05) is 18.4 Å². The number of likely N-dealkylation sites (tertiary alicyclic amines) is 1. The molecule has 1 aromatic carbocycles. The van der Waals surface area contributed by atoms with Crippen LogP contribution in [0, 0.1) is 0 Å². The standard InChI is InChI=1S/C17H25N3O4S/c1-13(17(22)20-11-5-3-4-6-12-20)19-25(23,24)16-9-7-15(8-10-16)18-14(2)21/h7-10,13,19H,3-6,11-12H2,1-2H3,(H,18,21)/t13-/m1/s1. The monoisotopic (exact) mass is 367 g/mol. The smallest absolute Gasteiger partial charge is 0.241 e. The molecule has 0 unspecified atom stereocenters. The molecule has 0 spiro atoms. The van der Waals surface area contributed by atoms with Gasteiger partial charge >= 0.3 is 0 Å². The molecule has 2 N–H and O–H groups in total. The van der Waals surface area contributed by atoms with Gasteiger partial charge in [0, 0.05) is 25.7 Å². The Morgan fingerprint density at radius 3 is 2.12 bits per heavy atom. The number of hydrogen-bond acceptors (Lipinski definition) is 4. The number of amides is 2. The van der Waals surface area contributed by atoms with Gasteiger partial charge in [0.25, 0.3) is 0 Å². The van der Waals surface area contributed by atoms with Gasteiger partial charge in [-0.1, -0.05) is 12.8 Å². The first-order valence-corrected chi connectivity index (χ1v) is 9.97. The second-order valence-corrected chi connectivity index (χ2v) is 8.00. The largest absolute Gasteiger partial charge is 0.341 e. The summed E-state index contributed by atoms with van der Waals surface area (Å²) in [7, 11) is -3.81. The lowest BCUT2D eigenvalue weighted by Crippen LogP contribution is -2.47. The highest BCUT2D eigenvalue weighted by Crippen LogP contribution is 2.15. The molecule has 0 saturated carbocycles. The molecule has 8 heteroatoms. The minimum absolute atomic E-state index is 0.0529. The summed E-state index contributed by atoms with van der Waals surface area (Å²) in [6, 6.07) is 5.00. The minimum atomic E-state index is -3.81. The summed E-state index contributed by atoms with van der Waals surface area (Å²) in [5.74, 6) is -0.425. The van der Waals surface area contributed by atoms with Crippen LogP contribution < -0.4 is 10.0 Å². The van der Waals surface area contributed by atoms with Crippen LogP contribution in [-0.2, 0) is 19.6 Å². The number of anilines is 1. The molecule has 1 aliphatic heterocycles. The summed E-state index contributed by atoms with van der Waals surface area (Å²) in [5.41, 5.74) is 0.514. The molecule has 1 fully saturated rings. The van der Waals surface area contributed by atoms with Crippen molar-refractivity contribution in [3.05, 3.63) is 24.3 Å². The van der Waals surface area contributed by atoms with E-state index < -0.39 is 16.1 Å². The van der Waals surface area contributed by atoms with Crippen LogP contribution in [0.1, 0.15) is 39.5 Å². The number of nitrogens with zero attached hydrogens (tertiary/aromatic N) is 1. The Morgan fingerprint density at radius 2 is 1.60 bits per heavy atom. The lowest BCUT2D eigenvalue weighted by Gasteiger charge is -2.24. The minimum Gasteiger partial charge on any atom is -0.341 e. The fourth-order valence-corrected chi connectivity index (χ4v) is 4.03. The van der Waals surface area contributed by atoms with Gasteiger partial charge in [-0.05, 0) is 44.0 Å². The van der Waals surface area contributed by atoms with E-state index in [1.165, 1.54) is 31.2 Å². The molecule has 7 nitrogen and oxygen atoms in total. The second kappa shape index (κ2) is 8.44. The molecule has 2 rings (SSSR count). The fourth-order valence-electron chi connectivity index (χ4n) is 2.84. The molecule has 0 aromatic heterocycles. The second-order valence-electron chi connectivity index (χ2n) is 6.29. The summed E-state index contributed by atoms with van der Waals surface area (Å²) in [5, 5.41) is 2.58. The van der Waals surface area contributed by atoms with Gasteiger partial charge in [0.15, 0.2) is 0 Å². The summed E-state index contributed by atoms with van der Waals surface area (Å²) in [4.78, 5) is 25.3. The van der Waals surface area contributed by atoms with Crippen LogP contribution in [0.3, 0.4) is 0 Å². The Labute approximate surface area is 148 Å². The van der Waals surface area contributed by atoms with Crippen LogP contribution in [-0.4, -0.2) is 44.3 Å². The summed E-state index contributed by atoms with van der Waals surface area (Å²) < 4.78 is 27.4. The molecule has 1 saturated heterocycles. The molecule has 1 heterocycles. The summed E-state index contributed by atoms with van der Waals surface area (Å²) in [6.07, 6.45) is 4.11. The van der Waals surface area contributed by atoms with Gasteiger partial charge in [0.1, 0.15) is 0 Å². The first-order valence-electron chi connectivity index (χ1n) is 8.48. The van der Waals surface area contributed by atoms with Crippen LogP contribution in [0.4, 0.5) is 5.69 Å². The van der Waals surface area contributed by atoms with Crippen molar-refractivity contribution < 1.29 is 18.0 Å². The van der Waals surface area contributed by atoms with E-state index in [9.17, 15) is 18.0 Å². The van der Waals surface area contributed by atoms with Crippen molar-refractivity contribution in [3.63, 3.8) is 0 Å². The molecule has 1 aromatic rings. The van der Waals surface area contributed by atoms with Crippen molar-refractivity contribution in [2.24, 2.45) is 0 Å². The molecule has 0 aliphatic carbocycles. The van der Waals surface area contributed by atoms with E-state index in [0.717, 1.165) is 25.7 Å². The van der Waals surface area contributed by atoms with E-state index in [1.54, 1.807) is 11.8 Å². The molecule has 0 radical (unpaired) electrons. The summed E-state index contributed by atoms with van der Waals surface area (Å²) >= 11 is 0. The van der Waals surface area contributed by atoms with Gasteiger partial charge in [0.2, 0.25) is 21.8 Å². The van der Waals surface area contributed by atoms with Gasteiger partial charge in [-0.2, -0.15) is 4.72 Å². The Hall–Kier alpha value is -1.93. The summed E-state index contributed by atoms with van der Waals surface area (Å²) in [6.45, 7) is 4.30. The number of benzene rings is 1. The van der Waals surface area contributed by atoms with Crippen molar-refractivity contribution in [3.8, 4) is 0 Å². The Bertz CT molecular complexity index is 708. The first kappa shape index (κ1) is 19.4. The van der Waals surface area contributed by atoms with Gasteiger partial charge in [-0.15, -0.1) is 0 Å². The number of rotatable bonds is 5. The van der Waals surface area contributed by atoms with Gasteiger partial charge < -0.3 is 10.2 Å². The van der Waals surface area contributed by atoms with Crippen molar-refractivity contribution in [1.82, 2.24) is 9.62 Å². The van der Waals surface area contributed by atoms with Crippen LogP contribution in [0.15, 0.2) is 29.2 Å². The van der Waals surface area contributed by atoms with Crippen molar-refractivity contribution in [2.45, 2.75) is 50.5 Å². The fraction of sp³-hybridized carbons (Fsp3) is 0.529. The molecular formula is C17H25N3O4S. The van der Waals surface area contributed by atoms with E-state index in [2.05, 4.69) is 10.0 Å². The van der Waals surface area contributed by atoms with E-state index in [-0.39, 0.29) is 16.7 Å². The van der Waals surface area contributed by atoms with E-state index in [1.807, 2.05) is 0 Å². The van der Waals surface area contributed by atoms with Gasteiger partial charge in [-0.25, -0.2) is 8.42 Å². The molecule has 138 valence electrons. The number of hydrogen-bond donors (Lipinski definition) is 2. The molecule has 2 amide bonds. The van der Waals surface area contributed by atoms with Gasteiger partial charge in [-0.3, -0.25) is 9.59 Å². The Morgan fingerprint density at radius 1 is 1.04 bits per heavy atom. The average Bonchev–Trinajstić information content (AvgIpc) is 2.83. The maximum Gasteiger partial charge on any atom is 0.241 e. The molecule has 0 bridgehead atoms. The highest BCUT2D eigenvalue weighted by molar-refractivity contribution is 7.89. The zero-order valence-corrected chi connectivity index (χ0v) is 15.4. The lowest BCUT2D eigenvalue weighted by molar-refractivity contribution is -0.132. The molecule has 1 aliphatic rings. The highest BCUT2D eigenvalue weighted by Gasteiger charge is 2.26. The van der Waals surface area contributed by atoms with E-state index >= 15 is 0 Å². The maximum atomic E-state index is 12.5. The van der Waals surface area contributed by atoms with Gasteiger partial charge in [0.05, 0.1) is 10.9 Å². The Balaban J connectivity index is 2.03. The number of carbonyl (C=O) groups excluding carboxylic acids is 2. The predicted molar refractivity (Wildman–Crippen MR) is 95.6 cm³/mol. The third kappa shape index (κ3) is 5.54.